The lowest BCUT2D eigenvalue weighted by Gasteiger charge is -2.43. The number of hydrogen-bond acceptors (Lipinski definition) is 1. The molecule has 0 aromatic heterocycles. The number of benzene rings is 1. The highest BCUT2D eigenvalue weighted by molar-refractivity contribution is 5.26. The van der Waals surface area contributed by atoms with Crippen molar-refractivity contribution in [1.29, 1.82) is 0 Å². The molecular formula is C21H19F17O. The van der Waals surface area contributed by atoms with Gasteiger partial charge in [0, 0.05) is 13.5 Å². The summed E-state index contributed by atoms with van der Waals surface area (Å²) in [5, 5.41) is 0. The molecule has 1 atom stereocenters. The van der Waals surface area contributed by atoms with E-state index in [0.29, 0.717) is 12.7 Å². The minimum absolute atomic E-state index is 0.0579. The van der Waals surface area contributed by atoms with Crippen LogP contribution >= 0.6 is 0 Å². The Morgan fingerprint density at radius 3 is 1.41 bits per heavy atom. The molecular weight excluding hydrogens is 591 g/mol. The van der Waals surface area contributed by atoms with Gasteiger partial charge in [0.15, 0.2) is 0 Å². The third-order valence-corrected chi connectivity index (χ3v) is 5.48. The maximum Gasteiger partial charge on any atom is 0.460 e. The Morgan fingerprint density at radius 2 is 1.03 bits per heavy atom. The molecule has 0 saturated carbocycles. The van der Waals surface area contributed by atoms with Crippen LogP contribution in [0.2, 0.25) is 0 Å². The summed E-state index contributed by atoms with van der Waals surface area (Å²) in [7, 11) is 0.564. The molecule has 0 aliphatic carbocycles. The predicted molar refractivity (Wildman–Crippen MR) is 100 cm³/mol. The van der Waals surface area contributed by atoms with Crippen molar-refractivity contribution in [3.8, 4) is 0 Å². The monoisotopic (exact) mass is 610 g/mol. The summed E-state index contributed by atoms with van der Waals surface area (Å²) in [5.41, 5.74) is -0.0631. The smallest absolute Gasteiger partial charge is 0.377 e. The lowest BCUT2D eigenvalue weighted by molar-refractivity contribution is -0.462. The fraction of sp³-hybridized carbons (Fsp3) is 0.714. The fourth-order valence-electron chi connectivity index (χ4n) is 3.29. The van der Waals surface area contributed by atoms with Crippen LogP contribution in [0.1, 0.15) is 37.5 Å². The summed E-state index contributed by atoms with van der Waals surface area (Å²) < 4.78 is 233. The van der Waals surface area contributed by atoms with Crippen LogP contribution < -0.4 is 0 Å². The molecule has 18 heteroatoms. The van der Waals surface area contributed by atoms with E-state index in [1.165, 1.54) is 12.1 Å². The molecule has 0 heterocycles. The van der Waals surface area contributed by atoms with Gasteiger partial charge in [-0.1, -0.05) is 38.1 Å². The number of hydrogen-bond donors (Lipinski definition) is 0. The van der Waals surface area contributed by atoms with Gasteiger partial charge in [-0.2, -0.15) is 74.6 Å². The van der Waals surface area contributed by atoms with Gasteiger partial charge in [0.2, 0.25) is 0 Å². The zero-order valence-corrected chi connectivity index (χ0v) is 19.7. The Hall–Kier alpha value is -2.01. The second-order valence-corrected chi connectivity index (χ2v) is 8.92. The van der Waals surface area contributed by atoms with E-state index in [0.717, 1.165) is 12.1 Å². The van der Waals surface area contributed by atoms with Gasteiger partial charge in [0.1, 0.15) is 0 Å². The molecule has 1 unspecified atom stereocenters. The van der Waals surface area contributed by atoms with Crippen LogP contribution in [-0.4, -0.2) is 54.7 Å². The Morgan fingerprint density at radius 1 is 0.615 bits per heavy atom. The van der Waals surface area contributed by atoms with Crippen LogP contribution in [0.3, 0.4) is 0 Å². The molecule has 0 amide bonds. The lowest BCUT2D eigenvalue weighted by Crippen LogP contribution is -2.74. The number of rotatable bonds is 12. The highest BCUT2D eigenvalue weighted by Crippen LogP contribution is 2.64. The van der Waals surface area contributed by atoms with E-state index in [2.05, 4.69) is 4.74 Å². The first kappa shape index (κ1) is 35.0. The second-order valence-electron chi connectivity index (χ2n) is 8.92. The topological polar surface area (TPSA) is 9.23 Å². The molecule has 0 bridgehead atoms. The van der Waals surface area contributed by atoms with Crippen molar-refractivity contribution in [2.24, 2.45) is 5.92 Å². The average Bonchev–Trinajstić information content (AvgIpc) is 2.75. The molecule has 0 spiro atoms. The van der Waals surface area contributed by atoms with E-state index in [-0.39, 0.29) is 12.3 Å². The summed E-state index contributed by atoms with van der Waals surface area (Å²) >= 11 is 0. The van der Waals surface area contributed by atoms with E-state index >= 15 is 0 Å². The summed E-state index contributed by atoms with van der Waals surface area (Å²) in [6.07, 6.45) is -12.5. The van der Waals surface area contributed by atoms with Crippen molar-refractivity contribution in [3.63, 3.8) is 0 Å². The predicted octanol–water partition coefficient (Wildman–Crippen LogP) is 8.97. The largest absolute Gasteiger partial charge is 0.460 e. The van der Waals surface area contributed by atoms with Gasteiger partial charge in [-0.3, -0.25) is 0 Å². The van der Waals surface area contributed by atoms with E-state index in [9.17, 15) is 74.6 Å². The van der Waals surface area contributed by atoms with Crippen molar-refractivity contribution in [3.05, 3.63) is 35.4 Å². The maximum absolute atomic E-state index is 14.4. The number of alkyl halides is 17. The zero-order valence-electron chi connectivity index (χ0n) is 19.7. The lowest BCUT2D eigenvalue weighted by atomic mass is 9.87. The quantitative estimate of drug-likeness (QED) is 0.215. The molecule has 0 N–H and O–H groups in total. The highest BCUT2D eigenvalue weighted by Gasteiger charge is 2.95. The van der Waals surface area contributed by atoms with E-state index < -0.39 is 65.7 Å². The van der Waals surface area contributed by atoms with Gasteiger partial charge in [-0.25, -0.2) is 0 Å². The second kappa shape index (κ2) is 10.4. The molecule has 0 aliphatic heterocycles. The summed E-state index contributed by atoms with van der Waals surface area (Å²) in [4.78, 5) is 0. The molecule has 0 radical (unpaired) electrons. The molecule has 228 valence electrons. The normalized spacial score (nSPS) is 16.1. The Labute approximate surface area is 209 Å². The van der Waals surface area contributed by atoms with Crippen molar-refractivity contribution in [1.82, 2.24) is 0 Å². The summed E-state index contributed by atoms with van der Waals surface area (Å²) in [6.45, 7) is 3.39. The van der Waals surface area contributed by atoms with Crippen LogP contribution in [0.25, 0.3) is 0 Å². The van der Waals surface area contributed by atoms with Gasteiger partial charge in [0.25, 0.3) is 0 Å². The third kappa shape index (κ3) is 5.62. The fourth-order valence-corrected chi connectivity index (χ4v) is 3.29. The molecule has 1 rings (SSSR count). The molecule has 1 aromatic carbocycles. The minimum Gasteiger partial charge on any atom is -0.377 e. The maximum atomic E-state index is 14.4. The molecule has 0 fully saturated rings. The van der Waals surface area contributed by atoms with Crippen LogP contribution in [0.15, 0.2) is 24.3 Å². The van der Waals surface area contributed by atoms with Gasteiger partial charge in [0.05, 0.1) is 6.10 Å². The van der Waals surface area contributed by atoms with Crippen molar-refractivity contribution >= 4 is 0 Å². The molecule has 0 saturated heterocycles. The number of ether oxygens (including phenoxy) is 1. The van der Waals surface area contributed by atoms with E-state index in [4.69, 9.17) is 0 Å². The van der Waals surface area contributed by atoms with Gasteiger partial charge >= 0.3 is 47.6 Å². The van der Waals surface area contributed by atoms with Crippen LogP contribution in [0.4, 0.5) is 74.6 Å². The van der Waals surface area contributed by atoms with Crippen LogP contribution in [0.5, 0.6) is 0 Å². The summed E-state index contributed by atoms with van der Waals surface area (Å²) in [5.74, 6) is -56.6. The molecule has 1 aromatic rings. The molecule has 0 aliphatic rings. The highest BCUT2D eigenvalue weighted by atomic mass is 19.4. The van der Waals surface area contributed by atoms with Gasteiger partial charge in [-0.05, 0) is 23.5 Å². The molecule has 1 nitrogen and oxygen atoms in total. The summed E-state index contributed by atoms with van der Waals surface area (Å²) in [6, 6.07) is 4.58. The van der Waals surface area contributed by atoms with Gasteiger partial charge in [-0.15, -0.1) is 0 Å². The average molecular weight is 610 g/mol. The first-order chi connectivity index (χ1) is 17.1. The van der Waals surface area contributed by atoms with Crippen molar-refractivity contribution < 1.29 is 79.4 Å². The zero-order chi connectivity index (χ0) is 31.3. The van der Waals surface area contributed by atoms with E-state index in [1.54, 1.807) is 13.8 Å². The molecule has 39 heavy (non-hydrogen) atoms. The van der Waals surface area contributed by atoms with Crippen LogP contribution in [0, 0.1) is 5.92 Å². The standard InChI is InChI=1S/C21H19F17O/c1-10(2)7-11-5-4-6-12(8-11)13(39-3)9-14(22,23)15(24,25)16(26,27)17(28,29)18(30,31)19(32,33)20(34,35)21(36,37)38/h4-6,8,10,13H,7,9H2,1-3H3. The third-order valence-electron chi connectivity index (χ3n) is 5.48. The van der Waals surface area contributed by atoms with Crippen molar-refractivity contribution in [2.75, 3.05) is 7.11 Å². The van der Waals surface area contributed by atoms with Crippen molar-refractivity contribution in [2.45, 2.75) is 80.4 Å². The first-order valence-electron chi connectivity index (χ1n) is 10.4. The Kier molecular flexibility index (Phi) is 9.37. The Balaban J connectivity index is 3.56. The number of methoxy groups -OCH3 is 1. The number of halogens is 17. The SMILES string of the molecule is COC(CC(F)(F)C(F)(F)C(F)(F)C(F)(F)C(F)(F)C(F)(F)C(F)(F)C(F)(F)F)c1cccc(CC(C)C)c1. The van der Waals surface area contributed by atoms with E-state index in [1.807, 2.05) is 0 Å². The van der Waals surface area contributed by atoms with Gasteiger partial charge < -0.3 is 4.74 Å². The Bertz CT molecular complexity index is 981. The first-order valence-corrected chi connectivity index (χ1v) is 10.4. The van der Waals surface area contributed by atoms with Crippen LogP contribution in [-0.2, 0) is 11.2 Å². The minimum atomic E-state index is -8.64.